The molecule has 98 valence electrons. The summed E-state index contributed by atoms with van der Waals surface area (Å²) in [5.41, 5.74) is -0.499. The van der Waals surface area contributed by atoms with E-state index in [1.54, 1.807) is 19.1 Å². The molecule has 0 aliphatic rings. The predicted octanol–water partition coefficient (Wildman–Crippen LogP) is 4.00. The van der Waals surface area contributed by atoms with Crippen LogP contribution in [0.4, 0.5) is 4.39 Å². The van der Waals surface area contributed by atoms with Crippen LogP contribution < -0.4 is 0 Å². The van der Waals surface area contributed by atoms with Crippen LogP contribution in [0.1, 0.15) is 22.8 Å². The van der Waals surface area contributed by atoms with Crippen molar-refractivity contribution in [3.8, 4) is 0 Å². The first-order valence-corrected chi connectivity index (χ1v) is 5.77. The second kappa shape index (κ2) is 6.05. The van der Waals surface area contributed by atoms with Crippen molar-refractivity contribution in [1.29, 1.82) is 5.41 Å². The third kappa shape index (κ3) is 3.13. The van der Waals surface area contributed by atoms with E-state index in [0.29, 0.717) is 16.7 Å². The largest absolute Gasteiger partial charge is 0.309 e. The molecular weight excluding hydrogens is 241 g/mol. The molecule has 0 amide bonds. The molecule has 0 aliphatic heterocycles. The van der Waals surface area contributed by atoms with Crippen LogP contribution in [-0.2, 0) is 5.67 Å². The molecule has 0 aliphatic carbocycles. The minimum atomic E-state index is -1.79. The lowest BCUT2D eigenvalue weighted by atomic mass is 9.93. The number of ketones is 1. The van der Waals surface area contributed by atoms with Gasteiger partial charge in [-0.25, -0.2) is 4.39 Å². The van der Waals surface area contributed by atoms with Gasteiger partial charge in [0.25, 0.3) is 0 Å². The zero-order valence-corrected chi connectivity index (χ0v) is 10.8. The minimum Gasteiger partial charge on any atom is -0.309 e. The van der Waals surface area contributed by atoms with Gasteiger partial charge in [0.1, 0.15) is 0 Å². The fraction of sp³-hybridized carbons (Fsp3) is 0.125. The van der Waals surface area contributed by atoms with Gasteiger partial charge in [0.2, 0.25) is 0 Å². The maximum absolute atomic E-state index is 14.2. The number of carbonyl (C=O) groups is 1. The maximum atomic E-state index is 14.2. The Balaban J connectivity index is 3.10. The fourth-order valence-electron chi connectivity index (χ4n) is 1.62. The average Bonchev–Trinajstić information content (AvgIpc) is 2.46. The predicted molar refractivity (Wildman–Crippen MR) is 76.5 cm³/mol. The maximum Gasteiger partial charge on any atom is 0.188 e. The van der Waals surface area contributed by atoms with Crippen molar-refractivity contribution in [3.63, 3.8) is 0 Å². The molecule has 0 heterocycles. The van der Waals surface area contributed by atoms with Crippen molar-refractivity contribution in [2.75, 3.05) is 0 Å². The summed E-state index contributed by atoms with van der Waals surface area (Å²) < 4.78 is 14.2. The Hall–Kier alpha value is -2.29. The summed E-state index contributed by atoms with van der Waals surface area (Å²) in [6, 6.07) is 6.18. The standard InChI is InChI=1S/C16H16FNO/c1-4-16(17,5-2)14-8-6-13(7-9-14)15(19)12(3)10-11-18/h4-11,18H,1-2H2,3H3/b12-10+,18-11?. The van der Waals surface area contributed by atoms with E-state index >= 15 is 0 Å². The molecule has 0 radical (unpaired) electrons. The summed E-state index contributed by atoms with van der Waals surface area (Å²) in [4.78, 5) is 11.9. The van der Waals surface area contributed by atoms with Gasteiger partial charge in [-0.05, 0) is 36.3 Å². The van der Waals surface area contributed by atoms with Crippen LogP contribution in [0, 0.1) is 5.41 Å². The van der Waals surface area contributed by atoms with Gasteiger partial charge < -0.3 is 5.41 Å². The fourth-order valence-corrected chi connectivity index (χ4v) is 1.62. The molecule has 0 spiro atoms. The summed E-state index contributed by atoms with van der Waals surface area (Å²) in [6.45, 7) is 8.52. The Morgan fingerprint density at radius 3 is 2.21 bits per heavy atom. The van der Waals surface area contributed by atoms with E-state index in [1.165, 1.54) is 18.2 Å². The zero-order valence-electron chi connectivity index (χ0n) is 10.8. The zero-order chi connectivity index (χ0) is 14.5. The highest BCUT2D eigenvalue weighted by Gasteiger charge is 2.23. The Morgan fingerprint density at radius 2 is 1.79 bits per heavy atom. The lowest BCUT2D eigenvalue weighted by molar-refractivity contribution is 0.103. The molecule has 19 heavy (non-hydrogen) atoms. The second-order valence-electron chi connectivity index (χ2n) is 4.10. The number of hydrogen-bond donors (Lipinski definition) is 1. The lowest BCUT2D eigenvalue weighted by Crippen LogP contribution is -2.13. The summed E-state index contributed by atoms with van der Waals surface area (Å²) in [6.07, 6.45) is 4.81. The van der Waals surface area contributed by atoms with E-state index in [1.807, 2.05) is 0 Å². The van der Waals surface area contributed by atoms with E-state index in [9.17, 15) is 9.18 Å². The molecule has 2 nitrogen and oxygen atoms in total. The van der Waals surface area contributed by atoms with Gasteiger partial charge in [-0.3, -0.25) is 4.79 Å². The van der Waals surface area contributed by atoms with Crippen molar-refractivity contribution < 1.29 is 9.18 Å². The van der Waals surface area contributed by atoms with Crippen molar-refractivity contribution in [3.05, 3.63) is 72.4 Å². The summed E-state index contributed by atoms with van der Waals surface area (Å²) >= 11 is 0. The molecule has 1 aromatic rings. The number of benzene rings is 1. The van der Waals surface area contributed by atoms with Crippen molar-refractivity contribution in [2.45, 2.75) is 12.6 Å². The molecule has 0 saturated carbocycles. The van der Waals surface area contributed by atoms with Crippen molar-refractivity contribution >= 4 is 12.0 Å². The Kier molecular flexibility index (Phi) is 4.70. The van der Waals surface area contributed by atoms with E-state index in [0.717, 1.165) is 18.4 Å². The van der Waals surface area contributed by atoms with Crippen LogP contribution in [0.5, 0.6) is 0 Å². The van der Waals surface area contributed by atoms with Crippen LogP contribution in [0.15, 0.2) is 61.2 Å². The van der Waals surface area contributed by atoms with Crippen molar-refractivity contribution in [2.24, 2.45) is 0 Å². The SMILES string of the molecule is C=CC(F)(C=C)c1ccc(C(=O)/C(C)=C/C=N)cc1. The number of halogens is 1. The highest BCUT2D eigenvalue weighted by atomic mass is 19.1. The van der Waals surface area contributed by atoms with E-state index < -0.39 is 5.67 Å². The highest BCUT2D eigenvalue weighted by Crippen LogP contribution is 2.28. The molecule has 0 saturated heterocycles. The summed E-state index contributed by atoms with van der Waals surface area (Å²) in [5.74, 6) is -0.184. The van der Waals surface area contributed by atoms with Gasteiger partial charge in [-0.2, -0.15) is 0 Å². The van der Waals surface area contributed by atoms with Crippen LogP contribution in [0.3, 0.4) is 0 Å². The van der Waals surface area contributed by atoms with Gasteiger partial charge in [0, 0.05) is 11.8 Å². The number of rotatable bonds is 6. The molecule has 1 N–H and O–H groups in total. The number of hydrogen-bond acceptors (Lipinski definition) is 2. The first kappa shape index (κ1) is 14.8. The molecule has 0 aromatic heterocycles. The minimum absolute atomic E-state index is 0.184. The third-order valence-corrected chi connectivity index (χ3v) is 2.88. The Morgan fingerprint density at radius 1 is 1.26 bits per heavy atom. The number of nitrogens with one attached hydrogen (secondary N) is 1. The summed E-state index contributed by atoms with van der Waals surface area (Å²) in [5, 5.41) is 6.93. The first-order valence-electron chi connectivity index (χ1n) is 5.77. The van der Waals surface area contributed by atoms with Crippen LogP contribution in [0.25, 0.3) is 0 Å². The van der Waals surface area contributed by atoms with Gasteiger partial charge in [-0.15, -0.1) is 0 Å². The monoisotopic (exact) mass is 257 g/mol. The van der Waals surface area contributed by atoms with Gasteiger partial charge in [0.15, 0.2) is 11.5 Å². The second-order valence-corrected chi connectivity index (χ2v) is 4.10. The molecular formula is C16H16FNO. The molecule has 0 fully saturated rings. The van der Waals surface area contributed by atoms with Gasteiger partial charge in [-0.1, -0.05) is 37.4 Å². The molecule has 3 heteroatoms. The quantitative estimate of drug-likeness (QED) is 0.356. The van der Waals surface area contributed by atoms with E-state index in [4.69, 9.17) is 5.41 Å². The van der Waals surface area contributed by atoms with Crippen LogP contribution in [-0.4, -0.2) is 12.0 Å². The van der Waals surface area contributed by atoms with E-state index in [2.05, 4.69) is 13.2 Å². The van der Waals surface area contributed by atoms with E-state index in [-0.39, 0.29) is 5.78 Å². The van der Waals surface area contributed by atoms with Crippen LogP contribution >= 0.6 is 0 Å². The Bertz CT molecular complexity index is 532. The van der Waals surface area contributed by atoms with Crippen molar-refractivity contribution in [1.82, 2.24) is 0 Å². The number of Topliss-reactive ketones (excluding diaryl/α,β-unsaturated/α-hetero) is 1. The number of carbonyl (C=O) groups excluding carboxylic acids is 1. The first-order chi connectivity index (χ1) is 8.98. The third-order valence-electron chi connectivity index (χ3n) is 2.88. The lowest BCUT2D eigenvalue weighted by Gasteiger charge is -2.17. The van der Waals surface area contributed by atoms with Gasteiger partial charge >= 0.3 is 0 Å². The summed E-state index contributed by atoms with van der Waals surface area (Å²) in [7, 11) is 0. The Labute approximate surface area is 112 Å². The van der Waals surface area contributed by atoms with Crippen LogP contribution in [0.2, 0.25) is 0 Å². The molecule has 1 rings (SSSR count). The molecule has 1 aromatic carbocycles. The number of alkyl halides is 1. The molecule has 0 unspecified atom stereocenters. The van der Waals surface area contributed by atoms with Gasteiger partial charge in [0.05, 0.1) is 0 Å². The topological polar surface area (TPSA) is 40.9 Å². The average molecular weight is 257 g/mol. The smallest absolute Gasteiger partial charge is 0.188 e. The normalized spacial score (nSPS) is 11.8. The number of allylic oxidation sites excluding steroid dienone is 4. The molecule has 0 bridgehead atoms. The molecule has 0 atom stereocenters. The highest BCUT2D eigenvalue weighted by molar-refractivity contribution is 6.09.